The maximum absolute atomic E-state index is 11.2. The van der Waals surface area contributed by atoms with Crippen molar-refractivity contribution in [2.24, 2.45) is 7.05 Å². The molecule has 0 spiro atoms. The topological polar surface area (TPSA) is 58.4 Å². The van der Waals surface area contributed by atoms with E-state index in [0.29, 0.717) is 0 Å². The molecule has 1 N–H and O–H groups in total. The maximum atomic E-state index is 11.2. The van der Waals surface area contributed by atoms with E-state index in [9.17, 15) is 9.90 Å². The molecule has 1 aliphatic rings. The van der Waals surface area contributed by atoms with Gasteiger partial charge >= 0.3 is 5.97 Å². The number of aliphatic carboxylic acids is 1. The molecule has 2 rings (SSSR count). The molecule has 0 amide bonds. The molecule has 1 aliphatic carbocycles. The molecule has 1 aromatic rings. The minimum atomic E-state index is -0.681. The van der Waals surface area contributed by atoms with Gasteiger partial charge in [-0.25, -0.2) is 0 Å². The predicted octanol–water partition coefficient (Wildman–Crippen LogP) is 2.07. The molecule has 20 heavy (non-hydrogen) atoms. The van der Waals surface area contributed by atoms with Crippen molar-refractivity contribution in [1.82, 2.24) is 14.7 Å². The van der Waals surface area contributed by atoms with Gasteiger partial charge in [0.1, 0.15) is 0 Å². The summed E-state index contributed by atoms with van der Waals surface area (Å²) in [5.41, 5.74) is 1.04. The average Bonchev–Trinajstić information content (AvgIpc) is 2.81. The minimum absolute atomic E-state index is 0.150. The number of hydrogen-bond acceptors (Lipinski definition) is 3. The molecule has 1 heterocycles. The maximum Gasteiger partial charge on any atom is 0.305 e. The van der Waals surface area contributed by atoms with E-state index in [1.165, 1.54) is 12.1 Å². The molecule has 5 nitrogen and oxygen atoms in total. The number of aromatic nitrogens is 2. The molecule has 5 heteroatoms. The lowest BCUT2D eigenvalue weighted by Crippen LogP contribution is -2.50. The van der Waals surface area contributed by atoms with Crippen LogP contribution in [0.25, 0.3) is 0 Å². The molecule has 0 saturated heterocycles. The first kappa shape index (κ1) is 15.0. The highest BCUT2D eigenvalue weighted by Crippen LogP contribution is 2.35. The van der Waals surface area contributed by atoms with E-state index in [0.717, 1.165) is 38.6 Å². The van der Waals surface area contributed by atoms with Gasteiger partial charge in [-0.15, -0.1) is 0 Å². The van der Waals surface area contributed by atoms with Gasteiger partial charge < -0.3 is 5.11 Å². The smallest absolute Gasteiger partial charge is 0.305 e. The van der Waals surface area contributed by atoms with Crippen LogP contribution in [0.5, 0.6) is 0 Å². The summed E-state index contributed by atoms with van der Waals surface area (Å²) in [4.78, 5) is 13.5. The molecule has 1 aromatic heterocycles. The van der Waals surface area contributed by atoms with Crippen molar-refractivity contribution in [3.8, 4) is 0 Å². The van der Waals surface area contributed by atoms with E-state index in [2.05, 4.69) is 17.0 Å². The summed E-state index contributed by atoms with van der Waals surface area (Å²) in [7, 11) is 4.02. The Kier molecular flexibility index (Phi) is 4.81. The zero-order chi connectivity index (χ0) is 14.6. The predicted molar refractivity (Wildman–Crippen MR) is 77.6 cm³/mol. The van der Waals surface area contributed by atoms with Crippen molar-refractivity contribution >= 4 is 5.97 Å². The highest BCUT2D eigenvalue weighted by Gasteiger charge is 2.37. The van der Waals surface area contributed by atoms with Crippen molar-refractivity contribution in [2.45, 2.75) is 50.5 Å². The Morgan fingerprint density at radius 2 is 2.15 bits per heavy atom. The molecule has 0 radical (unpaired) electrons. The van der Waals surface area contributed by atoms with Crippen LogP contribution < -0.4 is 0 Å². The summed E-state index contributed by atoms with van der Waals surface area (Å²) in [6.07, 6.45) is 8.50. The number of nitrogens with zero attached hydrogens (tertiary/aromatic N) is 3. The van der Waals surface area contributed by atoms with E-state index in [4.69, 9.17) is 0 Å². The first-order valence-electron chi connectivity index (χ1n) is 7.43. The van der Waals surface area contributed by atoms with Crippen LogP contribution in [0.4, 0.5) is 0 Å². The monoisotopic (exact) mass is 279 g/mol. The number of carbonyl (C=O) groups is 1. The van der Waals surface area contributed by atoms with Gasteiger partial charge in [0.25, 0.3) is 0 Å². The normalized spacial score (nSPS) is 18.4. The second-order valence-corrected chi connectivity index (χ2v) is 5.97. The lowest BCUT2D eigenvalue weighted by atomic mass is 9.78. The van der Waals surface area contributed by atoms with E-state index in [-0.39, 0.29) is 12.0 Å². The molecule has 0 aromatic carbocycles. The van der Waals surface area contributed by atoms with Gasteiger partial charge in [-0.1, -0.05) is 19.3 Å². The van der Waals surface area contributed by atoms with Crippen molar-refractivity contribution in [3.05, 3.63) is 18.0 Å². The number of carboxylic acids is 1. The van der Waals surface area contributed by atoms with Gasteiger partial charge in [-0.05, 0) is 26.0 Å². The Bertz CT molecular complexity index is 450. The average molecular weight is 279 g/mol. The molecular formula is C15H25N3O2. The second kappa shape index (κ2) is 6.39. The summed E-state index contributed by atoms with van der Waals surface area (Å²) >= 11 is 0. The molecule has 0 bridgehead atoms. The zero-order valence-corrected chi connectivity index (χ0v) is 12.5. The van der Waals surface area contributed by atoms with Crippen LogP contribution in [0.15, 0.2) is 12.3 Å². The first-order valence-corrected chi connectivity index (χ1v) is 7.43. The standard InChI is InChI=1S/C15H25N3O2/c1-17(11-7-13-6-10-16-18(13)2)15(12-14(19)20)8-4-3-5-9-15/h6,10H,3-5,7-9,11-12H2,1-2H3,(H,19,20). The number of hydrogen-bond donors (Lipinski definition) is 1. The number of likely N-dealkylation sites (N-methyl/N-ethyl adjacent to an activating group) is 1. The molecule has 0 aliphatic heterocycles. The van der Waals surface area contributed by atoms with Crippen LogP contribution in [0.1, 0.15) is 44.2 Å². The van der Waals surface area contributed by atoms with Crippen LogP contribution in [0.3, 0.4) is 0 Å². The third-order valence-electron chi connectivity index (χ3n) is 4.70. The second-order valence-electron chi connectivity index (χ2n) is 5.97. The molecule has 0 atom stereocenters. The van der Waals surface area contributed by atoms with Crippen LogP contribution in [0.2, 0.25) is 0 Å². The van der Waals surface area contributed by atoms with Crippen molar-refractivity contribution in [3.63, 3.8) is 0 Å². The van der Waals surface area contributed by atoms with E-state index in [1.807, 2.05) is 24.0 Å². The third kappa shape index (κ3) is 3.39. The zero-order valence-electron chi connectivity index (χ0n) is 12.5. The van der Waals surface area contributed by atoms with E-state index >= 15 is 0 Å². The van der Waals surface area contributed by atoms with Gasteiger partial charge in [-0.2, -0.15) is 5.10 Å². The molecule has 1 fully saturated rings. The SMILES string of the molecule is CN(CCc1ccnn1C)C1(CC(=O)O)CCCCC1. The van der Waals surface area contributed by atoms with Crippen molar-refractivity contribution in [2.75, 3.05) is 13.6 Å². The fraction of sp³-hybridized carbons (Fsp3) is 0.733. The molecular weight excluding hydrogens is 254 g/mol. The Labute approximate surface area is 120 Å². The minimum Gasteiger partial charge on any atom is -0.481 e. The summed E-state index contributed by atoms with van der Waals surface area (Å²) in [6, 6.07) is 2.03. The lowest BCUT2D eigenvalue weighted by molar-refractivity contribution is -0.141. The summed E-state index contributed by atoms with van der Waals surface area (Å²) in [5, 5.41) is 13.4. The van der Waals surface area contributed by atoms with Crippen LogP contribution in [0, 0.1) is 0 Å². The van der Waals surface area contributed by atoms with Crippen LogP contribution >= 0.6 is 0 Å². The van der Waals surface area contributed by atoms with Crippen LogP contribution in [-0.2, 0) is 18.3 Å². The van der Waals surface area contributed by atoms with Gasteiger partial charge in [-0.3, -0.25) is 14.4 Å². The van der Waals surface area contributed by atoms with Crippen molar-refractivity contribution in [1.29, 1.82) is 0 Å². The summed E-state index contributed by atoms with van der Waals surface area (Å²) < 4.78 is 1.89. The highest BCUT2D eigenvalue weighted by molar-refractivity contribution is 5.68. The Balaban J connectivity index is 2.00. The van der Waals surface area contributed by atoms with Crippen molar-refractivity contribution < 1.29 is 9.90 Å². The summed E-state index contributed by atoms with van der Waals surface area (Å²) in [5.74, 6) is -0.681. The van der Waals surface area contributed by atoms with Gasteiger partial charge in [0.05, 0.1) is 6.42 Å². The quantitative estimate of drug-likeness (QED) is 0.866. The lowest BCUT2D eigenvalue weighted by Gasteiger charge is -2.44. The summed E-state index contributed by atoms with van der Waals surface area (Å²) in [6.45, 7) is 0.882. The Morgan fingerprint density at radius 1 is 1.45 bits per heavy atom. The largest absolute Gasteiger partial charge is 0.481 e. The number of aryl methyl sites for hydroxylation is 1. The third-order valence-corrected chi connectivity index (χ3v) is 4.70. The van der Waals surface area contributed by atoms with Gasteiger partial charge in [0.2, 0.25) is 0 Å². The van der Waals surface area contributed by atoms with E-state index < -0.39 is 5.97 Å². The van der Waals surface area contributed by atoms with Crippen LogP contribution in [-0.4, -0.2) is 44.9 Å². The molecule has 1 saturated carbocycles. The molecule has 0 unspecified atom stereocenters. The number of carboxylic acid groups (broad SMARTS) is 1. The van der Waals surface area contributed by atoms with E-state index in [1.54, 1.807) is 0 Å². The number of rotatable bonds is 6. The Morgan fingerprint density at radius 3 is 2.70 bits per heavy atom. The molecule has 112 valence electrons. The fourth-order valence-corrected chi connectivity index (χ4v) is 3.35. The van der Waals surface area contributed by atoms with Gasteiger partial charge in [0, 0.05) is 37.4 Å². The highest BCUT2D eigenvalue weighted by atomic mass is 16.4. The van der Waals surface area contributed by atoms with Gasteiger partial charge in [0.15, 0.2) is 0 Å². The Hall–Kier alpha value is -1.36. The fourth-order valence-electron chi connectivity index (χ4n) is 3.35. The first-order chi connectivity index (χ1) is 9.53.